The summed E-state index contributed by atoms with van der Waals surface area (Å²) < 4.78 is 56.7. The van der Waals surface area contributed by atoms with E-state index in [1.807, 2.05) is 0 Å². The second-order valence-corrected chi connectivity index (χ2v) is 10.2. The Labute approximate surface area is 225 Å². The number of benzene rings is 2. The molecule has 1 aliphatic rings. The number of aliphatic carboxylic acids is 1. The van der Waals surface area contributed by atoms with Crippen molar-refractivity contribution in [1.29, 1.82) is 0 Å². The molecule has 6 nitrogen and oxygen atoms in total. The number of carboxylic acids is 1. The van der Waals surface area contributed by atoms with Crippen LogP contribution in [-0.4, -0.2) is 41.6 Å². The van der Waals surface area contributed by atoms with Crippen LogP contribution in [0.2, 0.25) is 0 Å². The van der Waals surface area contributed by atoms with Crippen molar-refractivity contribution in [2.75, 3.05) is 24.5 Å². The van der Waals surface area contributed by atoms with Crippen LogP contribution in [0.1, 0.15) is 58.6 Å². The van der Waals surface area contributed by atoms with Gasteiger partial charge in [0.05, 0.1) is 16.6 Å². The maximum Gasteiger partial charge on any atom is 0.416 e. The molecule has 1 amide bonds. The molecule has 0 unspecified atom stereocenters. The van der Waals surface area contributed by atoms with Crippen LogP contribution in [0.25, 0.3) is 10.9 Å². The first-order chi connectivity index (χ1) is 18.0. The number of rotatable bonds is 8. The number of anilines is 1. The molecule has 0 bridgehead atoms. The van der Waals surface area contributed by atoms with Gasteiger partial charge < -0.3 is 15.3 Å². The maximum absolute atomic E-state index is 14.8. The van der Waals surface area contributed by atoms with Crippen LogP contribution in [0.5, 0.6) is 0 Å². The Morgan fingerprint density at radius 1 is 1.18 bits per heavy atom. The molecule has 0 saturated carbocycles. The van der Waals surface area contributed by atoms with E-state index in [-0.39, 0.29) is 13.0 Å². The third-order valence-electron chi connectivity index (χ3n) is 6.78. The van der Waals surface area contributed by atoms with Gasteiger partial charge in [-0.1, -0.05) is 22.0 Å². The van der Waals surface area contributed by atoms with E-state index in [4.69, 9.17) is 10.1 Å². The number of halogens is 5. The lowest BCUT2D eigenvalue weighted by Gasteiger charge is -2.24. The molecule has 2 N–H and O–H groups in total. The molecule has 4 rings (SSSR count). The van der Waals surface area contributed by atoms with E-state index in [9.17, 15) is 27.2 Å². The third kappa shape index (κ3) is 5.92. The number of nitrogens with zero attached hydrogens (tertiary/aromatic N) is 2. The van der Waals surface area contributed by atoms with Gasteiger partial charge in [-0.15, -0.1) is 0 Å². The van der Waals surface area contributed by atoms with Gasteiger partial charge in [0.2, 0.25) is 0 Å². The number of aromatic nitrogens is 1. The SMILES string of the molecule is Cc1c(N2CCCC2)nc2ccc(Br)cc2c1C(=O)NC[C@H](CCC(=O)O)c1c(F)cccc1C(F)(F)F. The summed E-state index contributed by atoms with van der Waals surface area (Å²) in [7, 11) is 0. The van der Waals surface area contributed by atoms with Crippen molar-refractivity contribution in [3.63, 3.8) is 0 Å². The van der Waals surface area contributed by atoms with Crippen molar-refractivity contribution in [3.05, 3.63) is 68.9 Å². The lowest BCUT2D eigenvalue weighted by molar-refractivity contribution is -0.138. The highest BCUT2D eigenvalue weighted by Crippen LogP contribution is 2.38. The number of nitrogens with one attached hydrogen (secondary N) is 1. The lowest BCUT2D eigenvalue weighted by Crippen LogP contribution is -2.31. The predicted octanol–water partition coefficient (Wildman–Crippen LogP) is 6.44. The van der Waals surface area contributed by atoms with Crippen LogP contribution in [0.15, 0.2) is 40.9 Å². The summed E-state index contributed by atoms with van der Waals surface area (Å²) >= 11 is 3.41. The van der Waals surface area contributed by atoms with E-state index in [0.29, 0.717) is 27.8 Å². The van der Waals surface area contributed by atoms with E-state index in [1.54, 1.807) is 25.1 Å². The van der Waals surface area contributed by atoms with Crippen LogP contribution in [0.3, 0.4) is 0 Å². The van der Waals surface area contributed by atoms with Crippen LogP contribution >= 0.6 is 15.9 Å². The average molecular weight is 596 g/mol. The molecule has 1 aromatic heterocycles. The van der Waals surface area contributed by atoms with Crippen LogP contribution < -0.4 is 10.2 Å². The zero-order chi connectivity index (χ0) is 27.6. The number of amides is 1. The third-order valence-corrected chi connectivity index (χ3v) is 7.27. The molecule has 1 atom stereocenters. The standard InChI is InChI=1S/C27H26BrF4N3O3/c1-15-23(18-13-17(28)8-9-21(18)34-25(15)35-11-2-3-12-35)26(38)33-14-16(7-10-22(36)37)24-19(27(30,31)32)5-4-6-20(24)29/h4-6,8-9,13,16H,2-3,7,10-12,14H2,1H3,(H,33,38)(H,36,37)/t16-/m0/s1. The van der Waals surface area contributed by atoms with Gasteiger partial charge in [0.15, 0.2) is 0 Å². The first-order valence-corrected chi connectivity index (χ1v) is 13.0. The summed E-state index contributed by atoms with van der Waals surface area (Å²) in [5, 5.41) is 12.4. The van der Waals surface area contributed by atoms with Crippen LogP contribution in [0.4, 0.5) is 23.4 Å². The summed E-state index contributed by atoms with van der Waals surface area (Å²) in [5.41, 5.74) is -0.313. The number of alkyl halides is 3. The number of carbonyl (C=O) groups is 2. The van der Waals surface area contributed by atoms with E-state index in [2.05, 4.69) is 26.1 Å². The Balaban J connectivity index is 1.72. The Bertz CT molecular complexity index is 1370. The van der Waals surface area contributed by atoms with Gasteiger partial charge in [-0.25, -0.2) is 9.37 Å². The van der Waals surface area contributed by atoms with Gasteiger partial charge in [0, 0.05) is 53.0 Å². The summed E-state index contributed by atoms with van der Waals surface area (Å²) in [6, 6.07) is 7.95. The monoisotopic (exact) mass is 595 g/mol. The number of carbonyl (C=O) groups excluding carboxylic acids is 1. The highest BCUT2D eigenvalue weighted by atomic mass is 79.9. The molecule has 2 heterocycles. The number of hydrogen-bond donors (Lipinski definition) is 2. The van der Waals surface area contributed by atoms with Crippen molar-refractivity contribution >= 4 is 44.5 Å². The topological polar surface area (TPSA) is 82.5 Å². The van der Waals surface area contributed by atoms with Crippen molar-refractivity contribution in [1.82, 2.24) is 10.3 Å². The zero-order valence-electron chi connectivity index (χ0n) is 20.5. The molecular weight excluding hydrogens is 570 g/mol. The lowest BCUT2D eigenvalue weighted by atomic mass is 9.89. The zero-order valence-corrected chi connectivity index (χ0v) is 22.1. The molecule has 38 heavy (non-hydrogen) atoms. The molecule has 1 saturated heterocycles. The molecular formula is C27H26BrF4N3O3. The van der Waals surface area contributed by atoms with E-state index >= 15 is 0 Å². The van der Waals surface area contributed by atoms with Crippen LogP contribution in [-0.2, 0) is 11.0 Å². The molecule has 0 spiro atoms. The minimum Gasteiger partial charge on any atom is -0.481 e. The van der Waals surface area contributed by atoms with Gasteiger partial charge in [-0.05, 0) is 56.5 Å². The first kappa shape index (κ1) is 27.8. The second kappa shape index (κ2) is 11.3. The molecule has 1 fully saturated rings. The Morgan fingerprint density at radius 2 is 1.89 bits per heavy atom. The normalized spacial score (nSPS) is 14.6. The Kier molecular flexibility index (Phi) is 8.25. The number of carboxylic acid groups (broad SMARTS) is 1. The molecule has 0 radical (unpaired) electrons. The average Bonchev–Trinajstić information content (AvgIpc) is 3.38. The van der Waals surface area contributed by atoms with Gasteiger partial charge in [-0.3, -0.25) is 9.59 Å². The summed E-state index contributed by atoms with van der Waals surface area (Å²) in [6.45, 7) is 2.98. The Morgan fingerprint density at radius 3 is 2.55 bits per heavy atom. The second-order valence-electron chi connectivity index (χ2n) is 9.33. The van der Waals surface area contributed by atoms with Crippen molar-refractivity contribution in [2.45, 2.75) is 44.7 Å². The quantitative estimate of drug-likeness (QED) is 0.293. The van der Waals surface area contributed by atoms with Crippen molar-refractivity contribution in [2.24, 2.45) is 0 Å². The molecule has 3 aromatic rings. The van der Waals surface area contributed by atoms with E-state index < -0.39 is 47.3 Å². The Hall–Kier alpha value is -3.21. The van der Waals surface area contributed by atoms with Crippen LogP contribution in [0, 0.1) is 12.7 Å². The van der Waals surface area contributed by atoms with Gasteiger partial charge in [0.1, 0.15) is 11.6 Å². The maximum atomic E-state index is 14.8. The minimum atomic E-state index is -4.85. The minimum absolute atomic E-state index is 0.291. The largest absolute Gasteiger partial charge is 0.481 e. The number of pyridine rings is 1. The highest BCUT2D eigenvalue weighted by molar-refractivity contribution is 9.10. The number of hydrogen-bond acceptors (Lipinski definition) is 4. The first-order valence-electron chi connectivity index (χ1n) is 12.2. The molecule has 1 aliphatic heterocycles. The van der Waals surface area contributed by atoms with Gasteiger partial charge in [-0.2, -0.15) is 13.2 Å². The smallest absolute Gasteiger partial charge is 0.416 e. The van der Waals surface area contributed by atoms with Crippen molar-refractivity contribution < 1.29 is 32.3 Å². The fourth-order valence-electron chi connectivity index (χ4n) is 5.00. The fourth-order valence-corrected chi connectivity index (χ4v) is 5.36. The van der Waals surface area contributed by atoms with Gasteiger partial charge >= 0.3 is 12.1 Å². The summed E-state index contributed by atoms with van der Waals surface area (Å²) in [4.78, 5) is 31.7. The highest BCUT2D eigenvalue weighted by Gasteiger charge is 2.37. The predicted molar refractivity (Wildman–Crippen MR) is 139 cm³/mol. The number of fused-ring (bicyclic) bond motifs is 1. The van der Waals surface area contributed by atoms with E-state index in [0.717, 1.165) is 48.6 Å². The molecule has 2 aromatic carbocycles. The van der Waals surface area contributed by atoms with Gasteiger partial charge in [0.25, 0.3) is 5.91 Å². The van der Waals surface area contributed by atoms with E-state index in [1.165, 1.54) is 0 Å². The fraction of sp³-hybridized carbons (Fsp3) is 0.370. The molecule has 202 valence electrons. The summed E-state index contributed by atoms with van der Waals surface area (Å²) in [5.74, 6) is -3.44. The summed E-state index contributed by atoms with van der Waals surface area (Å²) in [6.07, 6.45) is -3.64. The molecule has 11 heteroatoms. The van der Waals surface area contributed by atoms with Crippen molar-refractivity contribution in [3.8, 4) is 0 Å². The molecule has 0 aliphatic carbocycles.